The number of nitrogens with zero attached hydrogens (tertiary/aromatic N) is 1. The molecule has 0 saturated heterocycles. The summed E-state index contributed by atoms with van der Waals surface area (Å²) in [7, 11) is 0. The van der Waals surface area contributed by atoms with E-state index in [1.54, 1.807) is 0 Å². The van der Waals surface area contributed by atoms with Gasteiger partial charge in [0.1, 0.15) is 0 Å². The molecule has 1 aromatic carbocycles. The van der Waals surface area contributed by atoms with Crippen LogP contribution in [0.5, 0.6) is 0 Å². The number of hydrazine groups is 1. The average molecular weight is 213 g/mol. The van der Waals surface area contributed by atoms with Gasteiger partial charge in [-0.2, -0.15) is 0 Å². The Labute approximate surface area is 95.4 Å². The molecule has 3 rings (SSSR count). The Morgan fingerprint density at radius 2 is 1.69 bits per heavy atom. The molecule has 1 aliphatic heterocycles. The Bertz CT molecular complexity index is 381. The summed E-state index contributed by atoms with van der Waals surface area (Å²) in [6, 6.07) is 14.2. The monoisotopic (exact) mass is 213 g/mol. The molecule has 0 aliphatic carbocycles. The van der Waals surface area contributed by atoms with Gasteiger partial charge in [-0.25, -0.2) is 0 Å². The van der Waals surface area contributed by atoms with Crippen molar-refractivity contribution in [1.82, 2.24) is 10.4 Å². The molecular weight excluding hydrogens is 198 g/mol. The van der Waals surface area contributed by atoms with Crippen LogP contribution >= 0.6 is 0 Å². The lowest BCUT2D eigenvalue weighted by molar-refractivity contribution is 0.840. The van der Waals surface area contributed by atoms with Crippen molar-refractivity contribution in [2.45, 2.75) is 0 Å². The highest BCUT2D eigenvalue weighted by atomic mass is 15.5. The zero-order chi connectivity index (χ0) is 11.1. The van der Waals surface area contributed by atoms with Crippen LogP contribution in [0.25, 0.3) is 0 Å². The number of rotatable bonds is 1. The van der Waals surface area contributed by atoms with Crippen LogP contribution < -0.4 is 10.4 Å². The summed E-state index contributed by atoms with van der Waals surface area (Å²) < 4.78 is 0. The fourth-order valence-electron chi connectivity index (χ4n) is 1.42. The van der Waals surface area contributed by atoms with Crippen LogP contribution in [0.2, 0.25) is 0 Å². The van der Waals surface area contributed by atoms with Crippen LogP contribution in [0.15, 0.2) is 67.1 Å². The van der Waals surface area contributed by atoms with Gasteiger partial charge in [0.05, 0.1) is 12.2 Å². The van der Waals surface area contributed by atoms with E-state index in [1.165, 1.54) is 5.69 Å². The Morgan fingerprint density at radius 3 is 2.19 bits per heavy atom. The number of nitrogens with one attached hydrogen (secondary N) is 2. The van der Waals surface area contributed by atoms with Crippen molar-refractivity contribution >= 4 is 5.69 Å². The third-order valence-corrected chi connectivity index (χ3v) is 2.20. The SMILES string of the molecule is C1=CNN(c2ccccc2)C1.c1cc[nH]c1. The van der Waals surface area contributed by atoms with Crippen LogP contribution in [0.4, 0.5) is 5.69 Å². The van der Waals surface area contributed by atoms with Gasteiger partial charge in [0, 0.05) is 18.6 Å². The lowest BCUT2D eigenvalue weighted by Crippen LogP contribution is -2.29. The third kappa shape index (κ3) is 2.92. The molecule has 16 heavy (non-hydrogen) atoms. The Kier molecular flexibility index (Phi) is 3.66. The van der Waals surface area contributed by atoms with Crippen molar-refractivity contribution in [3.05, 3.63) is 67.1 Å². The number of aromatic amines is 1. The second kappa shape index (κ2) is 5.66. The predicted octanol–water partition coefficient (Wildman–Crippen LogP) is 2.54. The van der Waals surface area contributed by atoms with Gasteiger partial charge in [-0.05, 0) is 30.3 Å². The Hall–Kier alpha value is -2.16. The number of H-pyrrole nitrogens is 1. The van der Waals surface area contributed by atoms with E-state index in [9.17, 15) is 0 Å². The molecule has 3 heteroatoms. The number of hydrogen-bond donors (Lipinski definition) is 2. The second-order valence-corrected chi connectivity index (χ2v) is 3.36. The van der Waals surface area contributed by atoms with Crippen molar-refractivity contribution < 1.29 is 0 Å². The first kappa shape index (κ1) is 10.4. The molecule has 1 aromatic heterocycles. The second-order valence-electron chi connectivity index (χ2n) is 3.36. The quantitative estimate of drug-likeness (QED) is 0.762. The average Bonchev–Trinajstić information content (AvgIpc) is 3.07. The molecule has 0 amide bonds. The van der Waals surface area contributed by atoms with Crippen LogP contribution in [-0.2, 0) is 0 Å². The smallest absolute Gasteiger partial charge is 0.0592 e. The van der Waals surface area contributed by atoms with Gasteiger partial charge in [0.2, 0.25) is 0 Å². The maximum absolute atomic E-state index is 3.13. The van der Waals surface area contributed by atoms with E-state index in [-0.39, 0.29) is 0 Å². The van der Waals surface area contributed by atoms with E-state index in [4.69, 9.17) is 0 Å². The highest BCUT2D eigenvalue weighted by Crippen LogP contribution is 2.12. The largest absolute Gasteiger partial charge is 0.368 e. The van der Waals surface area contributed by atoms with Crippen molar-refractivity contribution in [3.8, 4) is 0 Å². The molecule has 0 atom stereocenters. The summed E-state index contributed by atoms with van der Waals surface area (Å²) in [5.74, 6) is 0. The maximum Gasteiger partial charge on any atom is 0.0592 e. The molecule has 1 aliphatic rings. The van der Waals surface area contributed by atoms with E-state index >= 15 is 0 Å². The molecule has 2 heterocycles. The molecule has 3 nitrogen and oxygen atoms in total. The Morgan fingerprint density at radius 1 is 0.938 bits per heavy atom. The van der Waals surface area contributed by atoms with Gasteiger partial charge < -0.3 is 10.4 Å². The van der Waals surface area contributed by atoms with Crippen molar-refractivity contribution in [2.24, 2.45) is 0 Å². The molecule has 0 saturated carbocycles. The van der Waals surface area contributed by atoms with E-state index in [0.29, 0.717) is 0 Å². The lowest BCUT2D eigenvalue weighted by Gasteiger charge is -2.17. The van der Waals surface area contributed by atoms with E-state index in [2.05, 4.69) is 33.6 Å². The maximum atomic E-state index is 3.13. The highest BCUT2D eigenvalue weighted by molar-refractivity contribution is 5.46. The summed E-state index contributed by atoms with van der Waals surface area (Å²) in [5.41, 5.74) is 4.33. The van der Waals surface area contributed by atoms with Crippen LogP contribution in [0, 0.1) is 0 Å². The molecule has 2 aromatic rings. The Balaban J connectivity index is 0.000000162. The van der Waals surface area contributed by atoms with E-state index < -0.39 is 0 Å². The van der Waals surface area contributed by atoms with E-state index in [0.717, 1.165) is 6.54 Å². The molecule has 2 N–H and O–H groups in total. The standard InChI is InChI=1S/C9H10N2.C4H5N/c1-2-5-9(6-3-1)11-8-4-7-10-11;1-2-4-5-3-1/h1-7,10H,8H2;1-5H. The molecule has 0 spiro atoms. The van der Waals surface area contributed by atoms with Crippen molar-refractivity contribution in [1.29, 1.82) is 0 Å². The molecule has 0 fully saturated rings. The number of hydrogen-bond acceptors (Lipinski definition) is 2. The van der Waals surface area contributed by atoms with Gasteiger partial charge in [0.15, 0.2) is 0 Å². The fraction of sp³-hybridized carbons (Fsp3) is 0.0769. The minimum Gasteiger partial charge on any atom is -0.368 e. The number of para-hydroxylation sites is 1. The number of benzene rings is 1. The normalized spacial score (nSPS) is 12.9. The summed E-state index contributed by atoms with van der Waals surface area (Å²) in [6.45, 7) is 0.948. The highest BCUT2D eigenvalue weighted by Gasteiger charge is 2.04. The minimum absolute atomic E-state index is 0.948. The molecular formula is C13H15N3. The van der Waals surface area contributed by atoms with Crippen LogP contribution in [0.1, 0.15) is 0 Å². The summed E-state index contributed by atoms with van der Waals surface area (Å²) in [6.07, 6.45) is 7.79. The lowest BCUT2D eigenvalue weighted by atomic mass is 10.3. The van der Waals surface area contributed by atoms with Gasteiger partial charge >= 0.3 is 0 Å². The first-order valence-electron chi connectivity index (χ1n) is 5.28. The van der Waals surface area contributed by atoms with Gasteiger partial charge in [-0.1, -0.05) is 18.2 Å². The molecule has 0 radical (unpaired) electrons. The van der Waals surface area contributed by atoms with Crippen LogP contribution in [-0.4, -0.2) is 11.5 Å². The first-order chi connectivity index (χ1) is 7.97. The predicted molar refractivity (Wildman–Crippen MR) is 66.9 cm³/mol. The third-order valence-electron chi connectivity index (χ3n) is 2.20. The molecule has 82 valence electrons. The number of anilines is 1. The topological polar surface area (TPSA) is 31.1 Å². The zero-order valence-electron chi connectivity index (χ0n) is 9.01. The van der Waals surface area contributed by atoms with Crippen molar-refractivity contribution in [2.75, 3.05) is 11.6 Å². The summed E-state index contributed by atoms with van der Waals surface area (Å²) >= 11 is 0. The van der Waals surface area contributed by atoms with Gasteiger partial charge in [-0.3, -0.25) is 5.01 Å². The summed E-state index contributed by atoms with van der Waals surface area (Å²) in [5, 5.41) is 2.08. The molecule has 0 bridgehead atoms. The summed E-state index contributed by atoms with van der Waals surface area (Å²) in [4.78, 5) is 2.86. The molecule has 0 unspecified atom stereocenters. The zero-order valence-corrected chi connectivity index (χ0v) is 9.01. The van der Waals surface area contributed by atoms with E-state index in [1.807, 2.05) is 48.9 Å². The minimum atomic E-state index is 0.948. The van der Waals surface area contributed by atoms with Crippen molar-refractivity contribution in [3.63, 3.8) is 0 Å². The van der Waals surface area contributed by atoms with Gasteiger partial charge in [-0.15, -0.1) is 0 Å². The fourth-order valence-corrected chi connectivity index (χ4v) is 1.42. The first-order valence-corrected chi connectivity index (χ1v) is 5.28. The van der Waals surface area contributed by atoms with Gasteiger partial charge in [0.25, 0.3) is 0 Å². The van der Waals surface area contributed by atoms with Crippen LogP contribution in [0.3, 0.4) is 0 Å². The number of aromatic nitrogens is 1.